The van der Waals surface area contributed by atoms with Crippen molar-refractivity contribution >= 4 is 17.6 Å². The summed E-state index contributed by atoms with van der Waals surface area (Å²) in [6.45, 7) is 3.01. The number of ether oxygens (including phenoxy) is 1. The van der Waals surface area contributed by atoms with Gasteiger partial charge in [-0.15, -0.1) is 0 Å². The van der Waals surface area contributed by atoms with Crippen LogP contribution in [0.3, 0.4) is 0 Å². The smallest absolute Gasteiger partial charge is 0.336 e. The van der Waals surface area contributed by atoms with Crippen molar-refractivity contribution in [3.8, 4) is 0 Å². The fraction of sp³-hybridized carbons (Fsp3) is 0.455. The second kappa shape index (κ2) is 9.30. The number of benzene rings is 1. The summed E-state index contributed by atoms with van der Waals surface area (Å²) in [4.78, 5) is 35.7. The number of non-ortho nitro benzene ring substituents is 1. The van der Waals surface area contributed by atoms with Gasteiger partial charge in [-0.3, -0.25) is 10.1 Å². The predicted molar refractivity (Wildman–Crippen MR) is 111 cm³/mol. The number of carboxylic acid groups (broad SMARTS) is 1. The summed E-state index contributed by atoms with van der Waals surface area (Å²) in [7, 11) is 0. The molecule has 1 aromatic carbocycles. The van der Waals surface area contributed by atoms with Crippen molar-refractivity contribution in [1.82, 2.24) is 5.32 Å². The Morgan fingerprint density at radius 2 is 1.87 bits per heavy atom. The van der Waals surface area contributed by atoms with Crippen LogP contribution in [0.25, 0.3) is 0 Å². The van der Waals surface area contributed by atoms with Gasteiger partial charge >= 0.3 is 11.9 Å². The highest BCUT2D eigenvalue weighted by molar-refractivity contribution is 5.99. The van der Waals surface area contributed by atoms with Gasteiger partial charge in [0.05, 0.1) is 28.1 Å². The summed E-state index contributed by atoms with van der Waals surface area (Å²) in [5.41, 5.74) is 0.801. The SMILES string of the molecule is CC1=C(C(=O)O)C(c2cccc([N+](=O)[O-])c2)C(C(=O)OCC(O)C2CCCC2)=C(C)N1. The van der Waals surface area contributed by atoms with Crippen molar-refractivity contribution < 1.29 is 29.5 Å². The zero-order valence-electron chi connectivity index (χ0n) is 17.5. The molecular weight excluding hydrogens is 404 g/mol. The number of nitro benzene ring substituents is 1. The molecule has 1 heterocycles. The van der Waals surface area contributed by atoms with Crippen molar-refractivity contribution in [3.05, 3.63) is 62.5 Å². The van der Waals surface area contributed by atoms with E-state index in [2.05, 4.69) is 5.32 Å². The van der Waals surface area contributed by atoms with Crippen molar-refractivity contribution in [1.29, 1.82) is 0 Å². The number of esters is 1. The molecule has 0 saturated heterocycles. The number of carbonyl (C=O) groups excluding carboxylic acids is 1. The zero-order valence-corrected chi connectivity index (χ0v) is 17.5. The molecule has 1 aliphatic carbocycles. The largest absolute Gasteiger partial charge is 0.478 e. The molecule has 166 valence electrons. The number of aliphatic carboxylic acids is 1. The van der Waals surface area contributed by atoms with E-state index in [0.717, 1.165) is 25.7 Å². The number of nitro groups is 1. The standard InChI is InChI=1S/C22H26N2O7/c1-12-18(21(26)27)20(15-8-5-9-16(10-15)24(29)30)19(13(2)23-12)22(28)31-11-17(25)14-6-3-4-7-14/h5,8-10,14,17,20,23,25H,3-4,6-7,11H2,1-2H3,(H,26,27). The summed E-state index contributed by atoms with van der Waals surface area (Å²) in [6.07, 6.45) is 3.04. The van der Waals surface area contributed by atoms with Crippen LogP contribution in [-0.2, 0) is 14.3 Å². The molecule has 9 heteroatoms. The third-order valence-corrected chi connectivity index (χ3v) is 5.95. The zero-order chi connectivity index (χ0) is 22.7. The minimum absolute atomic E-state index is 0.0575. The number of rotatable bonds is 7. The Balaban J connectivity index is 1.94. The molecule has 3 rings (SSSR count). The van der Waals surface area contributed by atoms with Gasteiger partial charge in [-0.25, -0.2) is 9.59 Å². The van der Waals surface area contributed by atoms with E-state index in [9.17, 15) is 29.9 Å². The van der Waals surface area contributed by atoms with Crippen LogP contribution >= 0.6 is 0 Å². The number of hydrogen-bond acceptors (Lipinski definition) is 7. The maximum Gasteiger partial charge on any atom is 0.336 e. The lowest BCUT2D eigenvalue weighted by Crippen LogP contribution is -2.33. The maximum atomic E-state index is 13.0. The summed E-state index contributed by atoms with van der Waals surface area (Å²) < 4.78 is 5.38. The molecule has 0 bridgehead atoms. The summed E-state index contributed by atoms with van der Waals surface area (Å²) in [5.74, 6) is -2.97. The molecule has 31 heavy (non-hydrogen) atoms. The Morgan fingerprint density at radius 3 is 2.48 bits per heavy atom. The van der Waals surface area contributed by atoms with Crippen molar-refractivity contribution in [2.24, 2.45) is 5.92 Å². The van der Waals surface area contributed by atoms with Gasteiger partial charge < -0.3 is 20.3 Å². The molecule has 0 amide bonds. The first-order valence-corrected chi connectivity index (χ1v) is 10.2. The van der Waals surface area contributed by atoms with Crippen LogP contribution in [-0.4, -0.2) is 39.8 Å². The van der Waals surface area contributed by atoms with Gasteiger partial charge in [-0.2, -0.15) is 0 Å². The molecule has 2 unspecified atom stereocenters. The van der Waals surface area contributed by atoms with Gasteiger partial charge in [-0.05, 0) is 38.2 Å². The Bertz CT molecular complexity index is 960. The third-order valence-electron chi connectivity index (χ3n) is 5.95. The first-order chi connectivity index (χ1) is 14.7. The molecule has 1 saturated carbocycles. The molecule has 0 spiro atoms. The lowest BCUT2D eigenvalue weighted by molar-refractivity contribution is -0.384. The molecule has 9 nitrogen and oxygen atoms in total. The molecule has 2 aliphatic rings. The Kier molecular flexibility index (Phi) is 6.74. The number of aliphatic hydroxyl groups excluding tert-OH is 1. The predicted octanol–water partition coefficient (Wildman–Crippen LogP) is 3.01. The van der Waals surface area contributed by atoms with Crippen LogP contribution in [0.5, 0.6) is 0 Å². The minimum atomic E-state index is -1.25. The van der Waals surface area contributed by atoms with Crippen molar-refractivity contribution in [2.75, 3.05) is 6.61 Å². The molecule has 2 atom stereocenters. The van der Waals surface area contributed by atoms with Crippen LogP contribution in [0.4, 0.5) is 5.69 Å². The average molecular weight is 430 g/mol. The monoisotopic (exact) mass is 430 g/mol. The fourth-order valence-electron chi connectivity index (χ4n) is 4.42. The highest BCUT2D eigenvalue weighted by Gasteiger charge is 2.38. The summed E-state index contributed by atoms with van der Waals surface area (Å²) in [5, 5.41) is 34.3. The second-order valence-corrected chi connectivity index (χ2v) is 8.00. The van der Waals surface area contributed by atoms with Crippen LogP contribution in [0.1, 0.15) is 51.0 Å². The normalized spacial score (nSPS) is 20.4. The quantitative estimate of drug-likeness (QED) is 0.341. The Morgan fingerprint density at radius 1 is 1.23 bits per heavy atom. The lowest BCUT2D eigenvalue weighted by atomic mass is 9.80. The van der Waals surface area contributed by atoms with E-state index in [1.165, 1.54) is 18.2 Å². The number of aliphatic hydroxyl groups is 1. The highest BCUT2D eigenvalue weighted by atomic mass is 16.6. The van der Waals surface area contributed by atoms with E-state index in [4.69, 9.17) is 4.74 Å². The number of carbonyl (C=O) groups is 2. The van der Waals surface area contributed by atoms with Gasteiger partial charge in [0, 0.05) is 23.5 Å². The van der Waals surface area contributed by atoms with Crippen LogP contribution in [0.15, 0.2) is 46.8 Å². The van der Waals surface area contributed by atoms with Crippen LogP contribution < -0.4 is 5.32 Å². The Labute approximate surface area is 179 Å². The highest BCUT2D eigenvalue weighted by Crippen LogP contribution is 2.39. The number of allylic oxidation sites excluding steroid dienone is 2. The fourth-order valence-corrected chi connectivity index (χ4v) is 4.42. The van der Waals surface area contributed by atoms with Crippen LogP contribution in [0, 0.1) is 16.0 Å². The average Bonchev–Trinajstić information content (AvgIpc) is 3.26. The summed E-state index contributed by atoms with van der Waals surface area (Å²) in [6, 6.07) is 5.56. The molecule has 0 aromatic heterocycles. The maximum absolute atomic E-state index is 13.0. The van der Waals surface area contributed by atoms with E-state index in [1.54, 1.807) is 19.9 Å². The summed E-state index contributed by atoms with van der Waals surface area (Å²) >= 11 is 0. The third kappa shape index (κ3) is 4.77. The van der Waals surface area contributed by atoms with Gasteiger partial charge in [0.2, 0.25) is 0 Å². The van der Waals surface area contributed by atoms with E-state index in [0.29, 0.717) is 17.0 Å². The molecule has 1 aromatic rings. The lowest BCUT2D eigenvalue weighted by Gasteiger charge is -2.30. The van der Waals surface area contributed by atoms with Crippen molar-refractivity contribution in [2.45, 2.75) is 51.6 Å². The number of dihydropyridines is 1. The van der Waals surface area contributed by atoms with E-state index in [1.807, 2.05) is 0 Å². The Hall–Kier alpha value is -3.20. The first kappa shape index (κ1) is 22.5. The van der Waals surface area contributed by atoms with E-state index in [-0.39, 0.29) is 29.4 Å². The molecule has 1 aliphatic heterocycles. The van der Waals surface area contributed by atoms with Gasteiger partial charge in [0.25, 0.3) is 5.69 Å². The van der Waals surface area contributed by atoms with Crippen molar-refractivity contribution in [3.63, 3.8) is 0 Å². The molecule has 1 fully saturated rings. The minimum Gasteiger partial charge on any atom is -0.478 e. The number of nitrogens with zero attached hydrogens (tertiary/aromatic N) is 1. The topological polar surface area (TPSA) is 139 Å². The number of carboxylic acids is 1. The van der Waals surface area contributed by atoms with E-state index < -0.39 is 28.9 Å². The van der Waals surface area contributed by atoms with Gasteiger partial charge in [-0.1, -0.05) is 25.0 Å². The molecule has 3 N–H and O–H groups in total. The van der Waals surface area contributed by atoms with E-state index >= 15 is 0 Å². The molecule has 0 radical (unpaired) electrons. The first-order valence-electron chi connectivity index (χ1n) is 10.2. The number of hydrogen-bond donors (Lipinski definition) is 3. The van der Waals surface area contributed by atoms with Gasteiger partial charge in [0.15, 0.2) is 0 Å². The van der Waals surface area contributed by atoms with Gasteiger partial charge in [0.1, 0.15) is 6.61 Å². The number of nitrogens with one attached hydrogen (secondary N) is 1. The second-order valence-electron chi connectivity index (χ2n) is 8.00. The molecular formula is C22H26N2O7. The van der Waals surface area contributed by atoms with Crippen LogP contribution in [0.2, 0.25) is 0 Å².